The van der Waals surface area contributed by atoms with Crippen LogP contribution in [0.4, 0.5) is 0 Å². The SMILES string of the molecule is CCCN(Cc1cc(-c2ccc(C)c(C)c2)on1)C(=O)c1ccc(C)cc1. The van der Waals surface area contributed by atoms with Gasteiger partial charge in [-0.25, -0.2) is 0 Å². The number of rotatable bonds is 6. The van der Waals surface area contributed by atoms with Gasteiger partial charge in [-0.2, -0.15) is 0 Å². The van der Waals surface area contributed by atoms with E-state index in [0.717, 1.165) is 29.0 Å². The van der Waals surface area contributed by atoms with Gasteiger partial charge in [0.2, 0.25) is 0 Å². The predicted molar refractivity (Wildman–Crippen MR) is 108 cm³/mol. The Kier molecular flexibility index (Phi) is 5.75. The summed E-state index contributed by atoms with van der Waals surface area (Å²) in [5.41, 5.74) is 6.07. The monoisotopic (exact) mass is 362 g/mol. The molecule has 4 nitrogen and oxygen atoms in total. The molecule has 4 heteroatoms. The van der Waals surface area contributed by atoms with Crippen molar-refractivity contribution in [1.29, 1.82) is 0 Å². The molecule has 1 heterocycles. The Balaban J connectivity index is 1.79. The Bertz CT molecular complexity index is 926. The average molecular weight is 362 g/mol. The number of carbonyl (C=O) groups excluding carboxylic acids is 1. The maximum Gasteiger partial charge on any atom is 0.254 e. The number of aryl methyl sites for hydroxylation is 3. The van der Waals surface area contributed by atoms with Crippen molar-refractivity contribution in [1.82, 2.24) is 10.1 Å². The third kappa shape index (κ3) is 4.45. The van der Waals surface area contributed by atoms with Gasteiger partial charge in [0.25, 0.3) is 5.91 Å². The van der Waals surface area contributed by atoms with E-state index in [4.69, 9.17) is 4.52 Å². The zero-order valence-corrected chi connectivity index (χ0v) is 16.5. The minimum Gasteiger partial charge on any atom is -0.356 e. The van der Waals surface area contributed by atoms with Crippen LogP contribution >= 0.6 is 0 Å². The standard InChI is InChI=1S/C23H26N2O2/c1-5-12-25(23(26)19-9-6-16(2)7-10-19)15-21-14-22(27-24-21)20-11-8-17(3)18(4)13-20/h6-11,13-14H,5,12,15H2,1-4H3. The first-order valence-corrected chi connectivity index (χ1v) is 9.37. The summed E-state index contributed by atoms with van der Waals surface area (Å²) >= 11 is 0. The third-order valence-electron chi connectivity index (χ3n) is 4.78. The summed E-state index contributed by atoms with van der Waals surface area (Å²) in [6.07, 6.45) is 0.888. The topological polar surface area (TPSA) is 46.3 Å². The number of hydrogen-bond donors (Lipinski definition) is 0. The van der Waals surface area contributed by atoms with Gasteiger partial charge in [0.15, 0.2) is 5.76 Å². The number of benzene rings is 2. The Labute approximate surface area is 160 Å². The van der Waals surface area contributed by atoms with Gasteiger partial charge in [-0.1, -0.05) is 41.9 Å². The largest absolute Gasteiger partial charge is 0.356 e. The molecule has 0 saturated heterocycles. The van der Waals surface area contributed by atoms with E-state index >= 15 is 0 Å². The first-order chi connectivity index (χ1) is 13.0. The van der Waals surface area contributed by atoms with Gasteiger partial charge >= 0.3 is 0 Å². The van der Waals surface area contributed by atoms with Crippen LogP contribution in [-0.2, 0) is 6.54 Å². The molecule has 2 aromatic carbocycles. The lowest BCUT2D eigenvalue weighted by atomic mass is 10.0. The van der Waals surface area contributed by atoms with Crippen LogP contribution in [0.3, 0.4) is 0 Å². The van der Waals surface area contributed by atoms with E-state index in [2.05, 4.69) is 38.1 Å². The molecule has 3 rings (SSSR count). The van der Waals surface area contributed by atoms with Crippen molar-refractivity contribution in [3.8, 4) is 11.3 Å². The van der Waals surface area contributed by atoms with E-state index in [1.807, 2.05) is 48.2 Å². The molecule has 0 bridgehead atoms. The first kappa shape index (κ1) is 18.9. The molecule has 0 fully saturated rings. The van der Waals surface area contributed by atoms with E-state index in [1.165, 1.54) is 11.1 Å². The minimum atomic E-state index is 0.0209. The quantitative estimate of drug-likeness (QED) is 0.596. The molecule has 140 valence electrons. The summed E-state index contributed by atoms with van der Waals surface area (Å²) < 4.78 is 5.54. The Morgan fingerprint density at radius 3 is 2.41 bits per heavy atom. The smallest absolute Gasteiger partial charge is 0.254 e. The van der Waals surface area contributed by atoms with Gasteiger partial charge in [0, 0.05) is 23.7 Å². The molecular weight excluding hydrogens is 336 g/mol. The fraction of sp³-hybridized carbons (Fsp3) is 0.304. The summed E-state index contributed by atoms with van der Waals surface area (Å²) in [4.78, 5) is 14.7. The van der Waals surface area contributed by atoms with Crippen molar-refractivity contribution in [2.45, 2.75) is 40.7 Å². The minimum absolute atomic E-state index is 0.0209. The molecule has 0 aliphatic rings. The van der Waals surface area contributed by atoms with Gasteiger partial charge in [0.05, 0.1) is 6.54 Å². The summed E-state index contributed by atoms with van der Waals surface area (Å²) in [6.45, 7) is 9.37. The lowest BCUT2D eigenvalue weighted by Crippen LogP contribution is -2.31. The molecule has 27 heavy (non-hydrogen) atoms. The van der Waals surface area contributed by atoms with E-state index in [0.29, 0.717) is 18.7 Å². The second-order valence-electron chi connectivity index (χ2n) is 7.07. The van der Waals surface area contributed by atoms with Crippen molar-refractivity contribution in [2.75, 3.05) is 6.54 Å². The van der Waals surface area contributed by atoms with E-state index in [9.17, 15) is 4.79 Å². The Hall–Kier alpha value is -2.88. The fourth-order valence-electron chi connectivity index (χ4n) is 3.01. The summed E-state index contributed by atoms with van der Waals surface area (Å²) in [6, 6.07) is 15.8. The molecule has 3 aromatic rings. The highest BCUT2D eigenvalue weighted by Crippen LogP contribution is 2.24. The van der Waals surface area contributed by atoms with Crippen LogP contribution in [-0.4, -0.2) is 22.5 Å². The van der Waals surface area contributed by atoms with Crippen molar-refractivity contribution < 1.29 is 9.32 Å². The molecular formula is C23H26N2O2. The number of amides is 1. The molecule has 1 aromatic heterocycles. The first-order valence-electron chi connectivity index (χ1n) is 9.37. The number of nitrogens with zero attached hydrogens (tertiary/aromatic N) is 2. The lowest BCUT2D eigenvalue weighted by Gasteiger charge is -2.21. The maximum absolute atomic E-state index is 12.9. The van der Waals surface area contributed by atoms with Crippen LogP contribution in [0.1, 0.15) is 46.1 Å². The molecule has 0 saturated carbocycles. The van der Waals surface area contributed by atoms with Crippen molar-refractivity contribution in [2.24, 2.45) is 0 Å². The van der Waals surface area contributed by atoms with E-state index < -0.39 is 0 Å². The van der Waals surface area contributed by atoms with Crippen LogP contribution < -0.4 is 0 Å². The molecule has 0 atom stereocenters. The maximum atomic E-state index is 12.9. The Morgan fingerprint density at radius 2 is 1.74 bits per heavy atom. The summed E-state index contributed by atoms with van der Waals surface area (Å²) in [5.74, 6) is 0.750. The van der Waals surface area contributed by atoms with Crippen LogP contribution in [0.15, 0.2) is 53.1 Å². The molecule has 0 N–H and O–H groups in total. The molecule has 0 unspecified atom stereocenters. The van der Waals surface area contributed by atoms with Crippen LogP contribution in [0.25, 0.3) is 11.3 Å². The van der Waals surface area contributed by atoms with E-state index in [1.54, 1.807) is 0 Å². The zero-order valence-electron chi connectivity index (χ0n) is 16.5. The third-order valence-corrected chi connectivity index (χ3v) is 4.78. The van der Waals surface area contributed by atoms with Crippen LogP contribution in [0.2, 0.25) is 0 Å². The van der Waals surface area contributed by atoms with Crippen molar-refractivity contribution in [3.05, 3.63) is 76.5 Å². The van der Waals surface area contributed by atoms with E-state index in [-0.39, 0.29) is 5.91 Å². The van der Waals surface area contributed by atoms with Gasteiger partial charge in [0.1, 0.15) is 5.69 Å². The number of aromatic nitrogens is 1. The van der Waals surface area contributed by atoms with Gasteiger partial charge in [-0.15, -0.1) is 0 Å². The zero-order chi connectivity index (χ0) is 19.4. The van der Waals surface area contributed by atoms with Gasteiger partial charge in [-0.3, -0.25) is 4.79 Å². The molecule has 0 aliphatic carbocycles. The average Bonchev–Trinajstić information content (AvgIpc) is 3.12. The molecule has 0 radical (unpaired) electrons. The predicted octanol–water partition coefficient (Wildman–Crippen LogP) is 5.32. The summed E-state index contributed by atoms with van der Waals surface area (Å²) in [7, 11) is 0. The van der Waals surface area contributed by atoms with Crippen molar-refractivity contribution >= 4 is 5.91 Å². The lowest BCUT2D eigenvalue weighted by molar-refractivity contribution is 0.0739. The van der Waals surface area contributed by atoms with Gasteiger partial charge in [-0.05, 0) is 56.5 Å². The molecule has 1 amide bonds. The molecule has 0 aliphatic heterocycles. The fourth-order valence-corrected chi connectivity index (χ4v) is 3.01. The second kappa shape index (κ2) is 8.21. The van der Waals surface area contributed by atoms with Crippen molar-refractivity contribution in [3.63, 3.8) is 0 Å². The highest BCUT2D eigenvalue weighted by Gasteiger charge is 2.18. The number of hydrogen-bond acceptors (Lipinski definition) is 3. The second-order valence-corrected chi connectivity index (χ2v) is 7.07. The van der Waals surface area contributed by atoms with Crippen LogP contribution in [0.5, 0.6) is 0 Å². The number of carbonyl (C=O) groups is 1. The molecule has 0 spiro atoms. The summed E-state index contributed by atoms with van der Waals surface area (Å²) in [5, 5.41) is 4.19. The Morgan fingerprint density at radius 1 is 1.00 bits per heavy atom. The highest BCUT2D eigenvalue weighted by molar-refractivity contribution is 5.94. The van der Waals surface area contributed by atoms with Crippen LogP contribution in [0, 0.1) is 20.8 Å². The normalized spacial score (nSPS) is 10.8. The highest BCUT2D eigenvalue weighted by atomic mass is 16.5. The van der Waals surface area contributed by atoms with Gasteiger partial charge < -0.3 is 9.42 Å².